The molecule has 0 aliphatic heterocycles. The average molecular weight is 328 g/mol. The van der Waals surface area contributed by atoms with Gasteiger partial charge in [0.25, 0.3) is 0 Å². The highest BCUT2D eigenvalue weighted by atomic mass is 14.6. The summed E-state index contributed by atoms with van der Waals surface area (Å²) in [4.78, 5) is 0. The Bertz CT molecular complexity index is 541. The number of nitriles is 1. The molecule has 0 saturated heterocycles. The molecular weight excluding hydrogens is 290 g/mol. The Morgan fingerprint density at radius 1 is 1.21 bits per heavy atom. The molecule has 0 amide bonds. The summed E-state index contributed by atoms with van der Waals surface area (Å²) in [5.74, 6) is 4.33. The number of hydrogen-bond donors (Lipinski definition) is 0. The molecule has 134 valence electrons. The Balaban J connectivity index is 1.98. The Hall–Kier alpha value is -0.770. The molecule has 0 aromatic carbocycles. The van der Waals surface area contributed by atoms with Crippen molar-refractivity contribution in [3.63, 3.8) is 0 Å². The third-order valence-corrected chi connectivity index (χ3v) is 8.68. The molecule has 1 heteroatoms. The Labute approximate surface area is 149 Å². The van der Waals surface area contributed by atoms with Gasteiger partial charge in [0.15, 0.2) is 0 Å². The van der Waals surface area contributed by atoms with Crippen molar-refractivity contribution in [1.82, 2.24) is 0 Å². The summed E-state index contributed by atoms with van der Waals surface area (Å²) in [5.41, 5.74) is 2.31. The Morgan fingerprint density at radius 2 is 1.96 bits per heavy atom. The van der Waals surface area contributed by atoms with Crippen molar-refractivity contribution in [2.75, 3.05) is 0 Å². The summed E-state index contributed by atoms with van der Waals surface area (Å²) in [6.45, 7) is 12.5. The number of nitrogens with zero attached hydrogens (tertiary/aromatic N) is 1. The van der Waals surface area contributed by atoms with E-state index in [1.54, 1.807) is 0 Å². The summed E-state index contributed by atoms with van der Waals surface area (Å²) in [5, 5.41) is 9.22. The van der Waals surface area contributed by atoms with E-state index in [0.29, 0.717) is 10.8 Å². The molecule has 0 heterocycles. The third-order valence-electron chi connectivity index (χ3n) is 8.68. The van der Waals surface area contributed by atoms with Crippen LogP contribution in [0.5, 0.6) is 0 Å². The minimum absolute atomic E-state index is 0.308. The molecule has 3 saturated carbocycles. The Kier molecular flexibility index (Phi) is 4.89. The first-order valence-corrected chi connectivity index (χ1v) is 10.5. The van der Waals surface area contributed by atoms with Gasteiger partial charge in [-0.15, -0.1) is 0 Å². The van der Waals surface area contributed by atoms with Crippen LogP contribution in [-0.2, 0) is 0 Å². The van der Waals surface area contributed by atoms with Gasteiger partial charge in [-0.05, 0) is 78.9 Å². The molecule has 7 atom stereocenters. The lowest BCUT2D eigenvalue weighted by atomic mass is 9.44. The lowest BCUT2D eigenvalue weighted by Gasteiger charge is -2.61. The van der Waals surface area contributed by atoms with Crippen molar-refractivity contribution >= 4 is 0 Å². The fourth-order valence-electron chi connectivity index (χ4n) is 8.00. The van der Waals surface area contributed by atoms with Gasteiger partial charge in [0.2, 0.25) is 0 Å². The first-order chi connectivity index (χ1) is 11.4. The fourth-order valence-corrected chi connectivity index (χ4v) is 8.00. The van der Waals surface area contributed by atoms with Gasteiger partial charge < -0.3 is 0 Å². The zero-order chi connectivity index (χ0) is 17.5. The molecule has 24 heavy (non-hydrogen) atoms. The molecule has 3 rings (SSSR count). The molecule has 0 aromatic rings. The molecule has 0 spiro atoms. The maximum Gasteiger partial charge on any atom is 0.0911 e. The molecule has 3 aliphatic carbocycles. The van der Waals surface area contributed by atoms with Crippen LogP contribution in [0.15, 0.2) is 11.6 Å². The van der Waals surface area contributed by atoms with Crippen LogP contribution in [0.3, 0.4) is 0 Å². The maximum atomic E-state index is 9.22. The smallest absolute Gasteiger partial charge is 0.0911 e. The number of fused-ring (bicyclic) bond motifs is 3. The second kappa shape index (κ2) is 6.51. The molecule has 3 fully saturated rings. The van der Waals surface area contributed by atoms with Crippen molar-refractivity contribution in [2.24, 2.45) is 40.4 Å². The first kappa shape index (κ1) is 18.0. The lowest BCUT2D eigenvalue weighted by Crippen LogP contribution is -2.54. The fraction of sp³-hybridized carbons (Fsp3) is 0.870. The zero-order valence-corrected chi connectivity index (χ0v) is 16.6. The van der Waals surface area contributed by atoms with Crippen molar-refractivity contribution in [2.45, 2.75) is 86.0 Å². The van der Waals surface area contributed by atoms with E-state index >= 15 is 0 Å². The highest BCUT2D eigenvalue weighted by Gasteiger charge is 2.59. The van der Waals surface area contributed by atoms with Crippen LogP contribution in [0.25, 0.3) is 0 Å². The van der Waals surface area contributed by atoms with Gasteiger partial charge in [-0.25, -0.2) is 0 Å². The quantitative estimate of drug-likeness (QED) is 0.526. The largest absolute Gasteiger partial charge is 0.193 e. The van der Waals surface area contributed by atoms with E-state index in [4.69, 9.17) is 0 Å². The average Bonchev–Trinajstić information content (AvgIpc) is 2.84. The van der Waals surface area contributed by atoms with E-state index in [1.807, 2.05) is 6.08 Å². The number of hydrogen-bond acceptors (Lipinski definition) is 1. The van der Waals surface area contributed by atoms with Crippen LogP contribution in [-0.4, -0.2) is 0 Å². The van der Waals surface area contributed by atoms with E-state index in [2.05, 4.69) is 40.7 Å². The van der Waals surface area contributed by atoms with Gasteiger partial charge in [0, 0.05) is 6.08 Å². The molecule has 3 aliphatic rings. The summed E-state index contributed by atoms with van der Waals surface area (Å²) in [7, 11) is 0. The van der Waals surface area contributed by atoms with Crippen LogP contribution >= 0.6 is 0 Å². The highest BCUT2D eigenvalue weighted by Crippen LogP contribution is 2.67. The highest BCUT2D eigenvalue weighted by molar-refractivity contribution is 5.28. The molecule has 1 nitrogen and oxygen atoms in total. The van der Waals surface area contributed by atoms with Gasteiger partial charge in [-0.3, -0.25) is 0 Å². The van der Waals surface area contributed by atoms with Gasteiger partial charge in [0.1, 0.15) is 0 Å². The van der Waals surface area contributed by atoms with Gasteiger partial charge in [0.05, 0.1) is 6.07 Å². The van der Waals surface area contributed by atoms with E-state index in [1.165, 1.54) is 56.9 Å². The van der Waals surface area contributed by atoms with Crippen LogP contribution in [0, 0.1) is 51.8 Å². The molecular formula is C23H37N. The van der Waals surface area contributed by atoms with E-state index in [-0.39, 0.29) is 0 Å². The first-order valence-electron chi connectivity index (χ1n) is 10.5. The topological polar surface area (TPSA) is 23.8 Å². The van der Waals surface area contributed by atoms with Crippen molar-refractivity contribution in [3.05, 3.63) is 11.6 Å². The standard InChI is InChI=1S/C23H37N/c1-6-13-22(4)17(7-2)8-10-19-20-11-9-18(12-14-24)23(20,5)15-16(3)21(19)22/h12,16-17,19-21H,6-11,13,15H2,1-5H3/b18-12-/t16-,17?,19?,20?,21?,22-,23?/m0/s1. The van der Waals surface area contributed by atoms with Crippen LogP contribution in [0.2, 0.25) is 0 Å². The minimum Gasteiger partial charge on any atom is -0.193 e. The Morgan fingerprint density at radius 3 is 2.58 bits per heavy atom. The van der Waals surface area contributed by atoms with E-state index in [0.717, 1.165) is 29.6 Å². The molecule has 0 bridgehead atoms. The second-order valence-electron chi connectivity index (χ2n) is 9.67. The molecule has 0 radical (unpaired) electrons. The summed E-state index contributed by atoms with van der Waals surface area (Å²) in [6.07, 6.45) is 12.7. The monoisotopic (exact) mass is 327 g/mol. The van der Waals surface area contributed by atoms with Crippen LogP contribution < -0.4 is 0 Å². The van der Waals surface area contributed by atoms with Crippen LogP contribution in [0.4, 0.5) is 0 Å². The maximum absolute atomic E-state index is 9.22. The number of allylic oxidation sites excluding steroid dienone is 2. The molecule has 5 unspecified atom stereocenters. The predicted molar refractivity (Wildman–Crippen MR) is 101 cm³/mol. The molecule has 0 aromatic heterocycles. The predicted octanol–water partition coefficient (Wildman–Crippen LogP) is 6.75. The van der Waals surface area contributed by atoms with Gasteiger partial charge in [-0.2, -0.15) is 5.26 Å². The van der Waals surface area contributed by atoms with Crippen molar-refractivity contribution in [3.8, 4) is 6.07 Å². The second-order valence-corrected chi connectivity index (χ2v) is 9.67. The number of rotatable bonds is 3. The van der Waals surface area contributed by atoms with E-state index in [9.17, 15) is 5.26 Å². The normalized spacial score (nSPS) is 49.5. The SMILES string of the molecule is CCC[C@@]1(C)C(CC)CCC2C3CC/C(=C/C#N)C3(C)C[C@H](C)C21. The summed E-state index contributed by atoms with van der Waals surface area (Å²) >= 11 is 0. The minimum atomic E-state index is 0.308. The molecule has 0 N–H and O–H groups in total. The van der Waals surface area contributed by atoms with Gasteiger partial charge in [-0.1, -0.05) is 53.0 Å². The zero-order valence-electron chi connectivity index (χ0n) is 16.6. The van der Waals surface area contributed by atoms with Gasteiger partial charge >= 0.3 is 0 Å². The summed E-state index contributed by atoms with van der Waals surface area (Å²) < 4.78 is 0. The summed E-state index contributed by atoms with van der Waals surface area (Å²) in [6, 6.07) is 2.35. The van der Waals surface area contributed by atoms with Crippen molar-refractivity contribution < 1.29 is 0 Å². The lowest BCUT2D eigenvalue weighted by molar-refractivity contribution is -0.114. The van der Waals surface area contributed by atoms with Crippen molar-refractivity contribution in [1.29, 1.82) is 5.26 Å². The van der Waals surface area contributed by atoms with E-state index < -0.39 is 0 Å². The van der Waals surface area contributed by atoms with Crippen LogP contribution in [0.1, 0.15) is 86.0 Å². The third kappa shape index (κ3) is 2.48.